The van der Waals surface area contributed by atoms with E-state index in [-0.39, 0.29) is 6.61 Å². The summed E-state index contributed by atoms with van der Waals surface area (Å²) in [5, 5.41) is 12.7. The van der Waals surface area contributed by atoms with Crippen LogP contribution in [0.4, 0.5) is 0 Å². The Morgan fingerprint density at radius 3 is 2.93 bits per heavy atom. The maximum atomic E-state index is 8.96. The van der Waals surface area contributed by atoms with E-state index in [1.165, 1.54) is 0 Å². The number of aromatic nitrogens is 1. The number of rotatable bonds is 3. The minimum atomic E-state index is -0.598. The molecule has 1 heterocycles. The number of azide groups is 1. The first-order chi connectivity index (χ1) is 6.67. The molecule has 0 spiro atoms. The highest BCUT2D eigenvalue weighted by Gasteiger charge is 2.09. The second-order valence-electron chi connectivity index (χ2n) is 2.77. The number of hydrogen-bond donors (Lipinski definition) is 1. The van der Waals surface area contributed by atoms with Gasteiger partial charge in [-0.25, -0.2) is 4.98 Å². The topological polar surface area (TPSA) is 81.9 Å². The van der Waals surface area contributed by atoms with E-state index in [0.717, 1.165) is 5.69 Å². The number of hydrogen-bond acceptors (Lipinski definition) is 3. The molecule has 0 fully saturated rings. The number of aryl methyl sites for hydroxylation is 1. The zero-order valence-electron chi connectivity index (χ0n) is 7.55. The lowest BCUT2D eigenvalue weighted by atomic mass is 10.1. The molecule has 0 aromatic carbocycles. The van der Waals surface area contributed by atoms with E-state index in [9.17, 15) is 0 Å². The zero-order chi connectivity index (χ0) is 10.6. The third-order valence-electron chi connectivity index (χ3n) is 1.69. The fourth-order valence-corrected chi connectivity index (χ4v) is 1.38. The van der Waals surface area contributed by atoms with Gasteiger partial charge < -0.3 is 5.11 Å². The van der Waals surface area contributed by atoms with Gasteiger partial charge in [-0.3, -0.25) is 0 Å². The maximum absolute atomic E-state index is 8.96. The summed E-state index contributed by atoms with van der Waals surface area (Å²) < 4.78 is 0. The van der Waals surface area contributed by atoms with Crippen molar-refractivity contribution in [3.05, 3.63) is 39.0 Å². The molecule has 14 heavy (non-hydrogen) atoms. The first-order valence-corrected chi connectivity index (χ1v) is 4.34. The minimum absolute atomic E-state index is 0.246. The van der Waals surface area contributed by atoms with E-state index >= 15 is 0 Å². The minimum Gasteiger partial charge on any atom is -0.396 e. The van der Waals surface area contributed by atoms with E-state index in [0.29, 0.717) is 10.7 Å². The second-order valence-corrected chi connectivity index (χ2v) is 3.16. The predicted octanol–water partition coefficient (Wildman–Crippen LogP) is 2.39. The Morgan fingerprint density at radius 1 is 1.71 bits per heavy atom. The summed E-state index contributed by atoms with van der Waals surface area (Å²) in [6.45, 7) is 1.53. The van der Waals surface area contributed by atoms with Crippen LogP contribution in [0, 0.1) is 6.92 Å². The van der Waals surface area contributed by atoms with Gasteiger partial charge in [-0.05, 0) is 30.2 Å². The standard InChI is InChI=1S/C8H9ClN4O/c1-5-2-6(3-8(9)11-5)7(4-14)12-13-10/h2-3,7,14H,4H2,1H3. The van der Waals surface area contributed by atoms with E-state index in [4.69, 9.17) is 22.2 Å². The van der Waals surface area contributed by atoms with E-state index in [1.807, 2.05) is 0 Å². The van der Waals surface area contributed by atoms with Gasteiger partial charge in [-0.2, -0.15) is 0 Å². The monoisotopic (exact) mass is 212 g/mol. The lowest BCUT2D eigenvalue weighted by molar-refractivity contribution is 0.268. The fourth-order valence-electron chi connectivity index (χ4n) is 1.12. The van der Waals surface area contributed by atoms with Crippen LogP contribution >= 0.6 is 11.6 Å². The maximum Gasteiger partial charge on any atom is 0.129 e. The number of halogens is 1. The Labute approximate surface area is 86.0 Å². The normalized spacial score (nSPS) is 11.9. The SMILES string of the molecule is Cc1cc(C(CO)N=[N+]=[N-])cc(Cl)n1. The van der Waals surface area contributed by atoms with Gasteiger partial charge in [0.1, 0.15) is 5.15 Å². The molecule has 1 rings (SSSR count). The van der Waals surface area contributed by atoms with Gasteiger partial charge in [0.2, 0.25) is 0 Å². The highest BCUT2D eigenvalue weighted by Crippen LogP contribution is 2.20. The summed E-state index contributed by atoms with van der Waals surface area (Å²) in [4.78, 5) is 6.60. The Balaban J connectivity index is 3.09. The van der Waals surface area contributed by atoms with Gasteiger partial charge in [-0.1, -0.05) is 16.7 Å². The van der Waals surface area contributed by atoms with Gasteiger partial charge in [0.05, 0.1) is 12.6 Å². The summed E-state index contributed by atoms with van der Waals surface area (Å²) >= 11 is 5.72. The largest absolute Gasteiger partial charge is 0.396 e. The van der Waals surface area contributed by atoms with Crippen LogP contribution in [-0.2, 0) is 0 Å². The van der Waals surface area contributed by atoms with Crippen LogP contribution < -0.4 is 0 Å². The summed E-state index contributed by atoms with van der Waals surface area (Å²) in [6, 6.07) is 2.70. The van der Waals surface area contributed by atoms with Gasteiger partial charge in [0, 0.05) is 10.6 Å². The molecule has 0 aliphatic rings. The summed E-state index contributed by atoms with van der Waals surface area (Å²) in [5.74, 6) is 0. The molecule has 0 aliphatic carbocycles. The average Bonchev–Trinajstić information content (AvgIpc) is 2.12. The van der Waals surface area contributed by atoms with Crippen molar-refractivity contribution >= 4 is 11.6 Å². The number of nitrogens with zero attached hydrogens (tertiary/aromatic N) is 4. The van der Waals surface area contributed by atoms with Crippen molar-refractivity contribution in [3.63, 3.8) is 0 Å². The van der Waals surface area contributed by atoms with Crippen molar-refractivity contribution in [1.29, 1.82) is 0 Å². The van der Waals surface area contributed by atoms with Gasteiger partial charge >= 0.3 is 0 Å². The van der Waals surface area contributed by atoms with Crippen LogP contribution in [0.3, 0.4) is 0 Å². The molecule has 1 aromatic heterocycles. The lowest BCUT2D eigenvalue weighted by Crippen LogP contribution is -2.01. The number of pyridine rings is 1. The smallest absolute Gasteiger partial charge is 0.129 e. The van der Waals surface area contributed by atoms with Crippen LogP contribution in [0.5, 0.6) is 0 Å². The van der Waals surface area contributed by atoms with Crippen LogP contribution in [-0.4, -0.2) is 16.7 Å². The molecule has 0 amide bonds. The van der Waals surface area contributed by atoms with Crippen molar-refractivity contribution in [2.75, 3.05) is 6.61 Å². The fraction of sp³-hybridized carbons (Fsp3) is 0.375. The van der Waals surface area contributed by atoms with Crippen molar-refractivity contribution < 1.29 is 5.11 Å². The average molecular weight is 213 g/mol. The molecule has 0 saturated carbocycles. The molecule has 0 bridgehead atoms. The van der Waals surface area contributed by atoms with Gasteiger partial charge in [0.15, 0.2) is 0 Å². The van der Waals surface area contributed by atoms with E-state index in [1.54, 1.807) is 19.1 Å². The quantitative estimate of drug-likeness (QED) is 0.361. The second kappa shape index (κ2) is 4.81. The highest BCUT2D eigenvalue weighted by molar-refractivity contribution is 6.29. The van der Waals surface area contributed by atoms with Crippen LogP contribution in [0.2, 0.25) is 5.15 Å². The highest BCUT2D eigenvalue weighted by atomic mass is 35.5. The van der Waals surface area contributed by atoms with Crippen molar-refractivity contribution in [1.82, 2.24) is 4.98 Å². The molecule has 1 atom stereocenters. The van der Waals surface area contributed by atoms with Gasteiger partial charge in [-0.15, -0.1) is 0 Å². The molecule has 1 aromatic rings. The Bertz CT molecular complexity index is 355. The summed E-state index contributed by atoms with van der Waals surface area (Å²) in [6.07, 6.45) is 0. The Morgan fingerprint density at radius 2 is 2.43 bits per heavy atom. The summed E-state index contributed by atoms with van der Waals surface area (Å²) in [7, 11) is 0. The van der Waals surface area contributed by atoms with Crippen LogP contribution in [0.25, 0.3) is 10.4 Å². The first-order valence-electron chi connectivity index (χ1n) is 3.96. The molecule has 0 saturated heterocycles. The number of aliphatic hydroxyl groups is 1. The number of aliphatic hydroxyl groups excluding tert-OH is 1. The first kappa shape index (κ1) is 10.8. The Kier molecular flexibility index (Phi) is 3.71. The van der Waals surface area contributed by atoms with Crippen LogP contribution in [0.15, 0.2) is 17.2 Å². The van der Waals surface area contributed by atoms with Crippen molar-refractivity contribution in [2.45, 2.75) is 13.0 Å². The third-order valence-corrected chi connectivity index (χ3v) is 1.89. The summed E-state index contributed by atoms with van der Waals surface area (Å²) in [5.41, 5.74) is 9.66. The van der Waals surface area contributed by atoms with Crippen molar-refractivity contribution in [2.24, 2.45) is 5.11 Å². The molecule has 0 radical (unpaired) electrons. The van der Waals surface area contributed by atoms with Crippen LogP contribution in [0.1, 0.15) is 17.3 Å². The lowest BCUT2D eigenvalue weighted by Gasteiger charge is -2.08. The van der Waals surface area contributed by atoms with E-state index in [2.05, 4.69) is 15.0 Å². The van der Waals surface area contributed by atoms with Gasteiger partial charge in [0.25, 0.3) is 0 Å². The third kappa shape index (κ3) is 2.60. The molecule has 6 heteroatoms. The van der Waals surface area contributed by atoms with Crippen molar-refractivity contribution in [3.8, 4) is 0 Å². The molecule has 0 aliphatic heterocycles. The molecule has 5 nitrogen and oxygen atoms in total. The Hall–Kier alpha value is -1.29. The predicted molar refractivity (Wildman–Crippen MR) is 53.0 cm³/mol. The molecule has 1 unspecified atom stereocenters. The molecule has 74 valence electrons. The zero-order valence-corrected chi connectivity index (χ0v) is 8.31. The molecular formula is C8H9ClN4O. The van der Waals surface area contributed by atoms with E-state index < -0.39 is 6.04 Å². The molecular weight excluding hydrogens is 204 g/mol. The molecule has 1 N–H and O–H groups in total.